The largest absolute Gasteiger partial charge is 0.481 e. The number of carbonyl (C=O) groups is 1. The van der Waals surface area contributed by atoms with Crippen LogP contribution in [0.4, 0.5) is 0 Å². The number of aliphatic carboxylic acids is 1. The smallest absolute Gasteiger partial charge is 0.304 e. The summed E-state index contributed by atoms with van der Waals surface area (Å²) in [5.41, 5.74) is 1.22. The summed E-state index contributed by atoms with van der Waals surface area (Å²) in [6.45, 7) is 0. The Morgan fingerprint density at radius 1 is 1.47 bits per heavy atom. The maximum Gasteiger partial charge on any atom is 0.304 e. The number of hydrogen-bond acceptors (Lipinski definition) is 3. The van der Waals surface area contributed by atoms with E-state index in [9.17, 15) is 4.79 Å². The van der Waals surface area contributed by atoms with E-state index in [1.807, 2.05) is 35.0 Å². The lowest BCUT2D eigenvalue weighted by Gasteiger charge is -2.11. The highest BCUT2D eigenvalue weighted by molar-refractivity contribution is 14.1. The van der Waals surface area contributed by atoms with Gasteiger partial charge in [-0.05, 0) is 28.8 Å². The summed E-state index contributed by atoms with van der Waals surface area (Å²) < 4.78 is 4.28. The number of hydrogen-bond donors (Lipinski definition) is 2. The fourth-order valence-corrected chi connectivity index (χ4v) is 3.23. The summed E-state index contributed by atoms with van der Waals surface area (Å²) in [5, 5.41) is 12.2. The summed E-state index contributed by atoms with van der Waals surface area (Å²) in [6, 6.07) is 8.20. The van der Waals surface area contributed by atoms with Gasteiger partial charge in [0.25, 0.3) is 0 Å². The molecular weight excluding hydrogens is 349 g/mol. The first-order valence-electron chi connectivity index (χ1n) is 5.23. The summed E-state index contributed by atoms with van der Waals surface area (Å²) in [6.07, 6.45) is 0.895. The second kappa shape index (κ2) is 5.79. The van der Waals surface area contributed by atoms with Crippen LogP contribution in [0.5, 0.6) is 0 Å². The highest BCUT2D eigenvalue weighted by Gasteiger charge is 2.14. The Balaban J connectivity index is 2.19. The van der Waals surface area contributed by atoms with Gasteiger partial charge in [-0.3, -0.25) is 8.32 Å². The van der Waals surface area contributed by atoms with Crippen molar-refractivity contribution in [1.29, 1.82) is 0 Å². The standard InChI is InChI=1S/C12H12INO2S/c13-14-9(6-12(15)16)5-8-7-17-11-4-2-1-3-10(8)11/h1-4,7,9,14H,5-6H2,(H,15,16). The Morgan fingerprint density at radius 2 is 2.24 bits per heavy atom. The predicted molar refractivity (Wildman–Crippen MR) is 78.7 cm³/mol. The van der Waals surface area contributed by atoms with Crippen molar-refractivity contribution in [2.75, 3.05) is 0 Å². The van der Waals surface area contributed by atoms with Crippen LogP contribution in [-0.4, -0.2) is 17.1 Å². The van der Waals surface area contributed by atoms with Gasteiger partial charge in [-0.1, -0.05) is 18.2 Å². The molecule has 0 saturated carbocycles. The molecule has 0 aliphatic heterocycles. The average molecular weight is 361 g/mol. The van der Waals surface area contributed by atoms with Crippen LogP contribution >= 0.6 is 34.2 Å². The second-order valence-corrected chi connectivity index (χ2v) is 5.40. The van der Waals surface area contributed by atoms with Gasteiger partial charge < -0.3 is 5.11 Å². The molecule has 5 heteroatoms. The van der Waals surface area contributed by atoms with E-state index in [0.717, 1.165) is 6.42 Å². The van der Waals surface area contributed by atoms with E-state index in [1.54, 1.807) is 11.3 Å². The van der Waals surface area contributed by atoms with E-state index in [2.05, 4.69) is 21.0 Å². The predicted octanol–water partition coefficient (Wildman–Crippen LogP) is 3.23. The minimum atomic E-state index is -0.765. The minimum absolute atomic E-state index is 0.0221. The highest BCUT2D eigenvalue weighted by Crippen LogP contribution is 2.27. The average Bonchev–Trinajstić information content (AvgIpc) is 2.71. The molecule has 2 N–H and O–H groups in total. The maximum atomic E-state index is 10.7. The number of benzene rings is 1. The molecule has 0 amide bonds. The first-order chi connectivity index (χ1) is 8.20. The van der Waals surface area contributed by atoms with Crippen molar-refractivity contribution >= 4 is 50.3 Å². The lowest BCUT2D eigenvalue weighted by molar-refractivity contribution is -0.137. The van der Waals surface area contributed by atoms with Gasteiger partial charge in [-0.15, -0.1) is 11.3 Å². The van der Waals surface area contributed by atoms with Gasteiger partial charge >= 0.3 is 5.97 Å². The molecule has 0 spiro atoms. The summed E-state index contributed by atoms with van der Waals surface area (Å²) in [5.74, 6) is -0.765. The summed E-state index contributed by atoms with van der Waals surface area (Å²) in [4.78, 5) is 10.7. The second-order valence-electron chi connectivity index (χ2n) is 3.87. The van der Waals surface area contributed by atoms with Crippen LogP contribution in [-0.2, 0) is 11.2 Å². The van der Waals surface area contributed by atoms with E-state index >= 15 is 0 Å². The van der Waals surface area contributed by atoms with Crippen molar-refractivity contribution in [3.05, 3.63) is 35.2 Å². The van der Waals surface area contributed by atoms with Gasteiger partial charge in [0, 0.05) is 33.6 Å². The molecule has 1 aromatic carbocycles. The molecule has 0 fully saturated rings. The number of carboxylic acid groups (broad SMARTS) is 1. The van der Waals surface area contributed by atoms with E-state index in [4.69, 9.17) is 5.11 Å². The van der Waals surface area contributed by atoms with Crippen molar-refractivity contribution in [3.63, 3.8) is 0 Å². The molecule has 0 aliphatic rings. The van der Waals surface area contributed by atoms with Crippen LogP contribution in [0.1, 0.15) is 12.0 Å². The first-order valence-corrected chi connectivity index (χ1v) is 7.19. The zero-order valence-corrected chi connectivity index (χ0v) is 12.0. The molecule has 1 atom stereocenters. The SMILES string of the molecule is O=C(O)CC(Cc1csc2ccccc12)NI. The number of carboxylic acids is 1. The molecule has 0 aliphatic carbocycles. The Labute approximate surface area is 117 Å². The maximum absolute atomic E-state index is 10.7. The zero-order valence-electron chi connectivity index (χ0n) is 9.02. The molecule has 90 valence electrons. The molecule has 0 saturated heterocycles. The molecule has 2 rings (SSSR count). The quantitative estimate of drug-likeness (QED) is 0.635. The van der Waals surface area contributed by atoms with E-state index < -0.39 is 5.97 Å². The molecule has 3 nitrogen and oxygen atoms in total. The van der Waals surface area contributed by atoms with Crippen molar-refractivity contribution in [2.24, 2.45) is 0 Å². The van der Waals surface area contributed by atoms with Gasteiger partial charge in [0.15, 0.2) is 0 Å². The third-order valence-electron chi connectivity index (χ3n) is 2.60. The number of halogens is 1. The first kappa shape index (κ1) is 12.8. The third-order valence-corrected chi connectivity index (χ3v) is 4.50. The number of fused-ring (bicyclic) bond motifs is 1. The molecule has 2 aromatic rings. The Bertz CT molecular complexity index is 526. The van der Waals surface area contributed by atoms with Gasteiger partial charge in [0.1, 0.15) is 0 Å². The monoisotopic (exact) mass is 361 g/mol. The molecule has 1 unspecified atom stereocenters. The number of rotatable bonds is 5. The van der Waals surface area contributed by atoms with Crippen molar-refractivity contribution in [2.45, 2.75) is 18.9 Å². The van der Waals surface area contributed by atoms with Crippen molar-refractivity contribution in [3.8, 4) is 0 Å². The van der Waals surface area contributed by atoms with Gasteiger partial charge in [0.2, 0.25) is 0 Å². The molecule has 17 heavy (non-hydrogen) atoms. The number of nitrogens with one attached hydrogen (secondary N) is 1. The summed E-state index contributed by atoms with van der Waals surface area (Å²) >= 11 is 3.73. The molecule has 0 radical (unpaired) electrons. The Hall–Kier alpha value is -0.660. The van der Waals surface area contributed by atoms with Crippen LogP contribution in [0.2, 0.25) is 0 Å². The van der Waals surface area contributed by atoms with Crippen LogP contribution in [0.25, 0.3) is 10.1 Å². The Kier molecular flexibility index (Phi) is 4.36. The molecule has 0 bridgehead atoms. The lowest BCUT2D eigenvalue weighted by Crippen LogP contribution is -2.26. The third kappa shape index (κ3) is 3.17. The van der Waals surface area contributed by atoms with E-state index in [0.29, 0.717) is 0 Å². The van der Waals surface area contributed by atoms with Crippen LogP contribution in [0.3, 0.4) is 0 Å². The molecule has 1 aromatic heterocycles. The highest BCUT2D eigenvalue weighted by atomic mass is 127. The summed E-state index contributed by atoms with van der Waals surface area (Å²) in [7, 11) is 0. The van der Waals surface area contributed by atoms with E-state index in [-0.39, 0.29) is 12.5 Å². The topological polar surface area (TPSA) is 49.3 Å². The lowest BCUT2D eigenvalue weighted by atomic mass is 10.0. The normalized spacial score (nSPS) is 12.8. The molecule has 1 heterocycles. The van der Waals surface area contributed by atoms with Gasteiger partial charge in [-0.25, -0.2) is 0 Å². The fourth-order valence-electron chi connectivity index (χ4n) is 1.82. The minimum Gasteiger partial charge on any atom is -0.481 e. The van der Waals surface area contributed by atoms with Gasteiger partial charge in [-0.2, -0.15) is 0 Å². The van der Waals surface area contributed by atoms with Crippen LogP contribution < -0.4 is 3.53 Å². The zero-order chi connectivity index (χ0) is 12.3. The van der Waals surface area contributed by atoms with Crippen LogP contribution in [0.15, 0.2) is 29.6 Å². The Morgan fingerprint density at radius 3 is 2.94 bits per heavy atom. The van der Waals surface area contributed by atoms with E-state index in [1.165, 1.54) is 15.6 Å². The molecular formula is C12H12INO2S. The van der Waals surface area contributed by atoms with Crippen molar-refractivity contribution < 1.29 is 9.90 Å². The number of thiophene rings is 1. The van der Waals surface area contributed by atoms with Crippen LogP contribution in [0, 0.1) is 0 Å². The van der Waals surface area contributed by atoms with Gasteiger partial charge in [0.05, 0.1) is 6.42 Å². The fraction of sp³-hybridized carbons (Fsp3) is 0.250. The van der Waals surface area contributed by atoms with Crippen molar-refractivity contribution in [1.82, 2.24) is 3.53 Å².